The number of carbonyl (C=O) groups is 1. The smallest absolute Gasteiger partial charge is 0.340 e. The van der Waals surface area contributed by atoms with E-state index in [1.54, 1.807) is 0 Å². The number of carbonyl (C=O) groups excluding carboxylic acids is 1. The van der Waals surface area contributed by atoms with E-state index in [1.807, 2.05) is 30.3 Å². The minimum atomic E-state index is -1.09. The Kier molecular flexibility index (Phi) is 5.68. The molecule has 2 aliphatic rings. The van der Waals surface area contributed by atoms with Crippen LogP contribution in [0.1, 0.15) is 57.6 Å². The maximum absolute atomic E-state index is 13.3. The SMILES string of the molecule is CCN(CC)c1ccc2c(c1)Oc1cc(C)c(Nc3ccc(C)cc3C)cc1[C@]21OC(=O)c2ccccc21. The number of rotatable bonds is 5. The zero-order chi connectivity index (χ0) is 26.6. The van der Waals surface area contributed by atoms with Gasteiger partial charge in [0, 0.05) is 52.9 Å². The van der Waals surface area contributed by atoms with E-state index in [0.717, 1.165) is 52.4 Å². The van der Waals surface area contributed by atoms with Gasteiger partial charge in [0.2, 0.25) is 0 Å². The predicted molar refractivity (Wildman–Crippen MR) is 152 cm³/mol. The van der Waals surface area contributed by atoms with Crippen LogP contribution >= 0.6 is 0 Å². The van der Waals surface area contributed by atoms with Crippen molar-refractivity contribution in [3.8, 4) is 11.5 Å². The molecule has 6 rings (SSSR count). The topological polar surface area (TPSA) is 50.8 Å². The number of anilines is 3. The van der Waals surface area contributed by atoms with E-state index in [2.05, 4.69) is 87.3 Å². The minimum absolute atomic E-state index is 0.323. The number of nitrogens with one attached hydrogen (secondary N) is 1. The van der Waals surface area contributed by atoms with Crippen molar-refractivity contribution in [3.05, 3.63) is 112 Å². The second-order valence-corrected chi connectivity index (χ2v) is 10.2. The number of aryl methyl sites for hydroxylation is 3. The van der Waals surface area contributed by atoms with Gasteiger partial charge in [0.15, 0.2) is 5.60 Å². The standard InChI is InChI=1S/C33H32N2O3/c1-6-35(7-2)23-13-14-26-31(18-23)37-30-17-22(5)29(34-28-15-12-20(3)16-21(28)4)19-27(30)33(26)25-11-9-8-10-24(25)32(36)38-33/h8-19,34H,6-7H2,1-5H3/t33-/m1/s1. The van der Waals surface area contributed by atoms with Gasteiger partial charge in [-0.3, -0.25) is 0 Å². The summed E-state index contributed by atoms with van der Waals surface area (Å²) >= 11 is 0. The number of hydrogen-bond donors (Lipinski definition) is 1. The summed E-state index contributed by atoms with van der Waals surface area (Å²) in [7, 11) is 0. The van der Waals surface area contributed by atoms with Crippen molar-refractivity contribution >= 4 is 23.0 Å². The van der Waals surface area contributed by atoms with Crippen LogP contribution in [0.3, 0.4) is 0 Å². The summed E-state index contributed by atoms with van der Waals surface area (Å²) in [4.78, 5) is 15.5. The summed E-state index contributed by atoms with van der Waals surface area (Å²) in [6.07, 6.45) is 0. The van der Waals surface area contributed by atoms with Crippen molar-refractivity contribution in [1.82, 2.24) is 0 Å². The molecule has 1 N–H and O–H groups in total. The van der Waals surface area contributed by atoms with Crippen LogP contribution in [0.2, 0.25) is 0 Å². The van der Waals surface area contributed by atoms with Crippen LogP contribution in [0.25, 0.3) is 0 Å². The molecule has 2 heterocycles. The Morgan fingerprint density at radius 1 is 0.763 bits per heavy atom. The highest BCUT2D eigenvalue weighted by molar-refractivity contribution is 5.97. The Balaban J connectivity index is 1.57. The van der Waals surface area contributed by atoms with E-state index in [-0.39, 0.29) is 5.97 Å². The molecule has 1 spiro atoms. The molecular weight excluding hydrogens is 472 g/mol. The quantitative estimate of drug-likeness (QED) is 0.281. The van der Waals surface area contributed by atoms with E-state index < -0.39 is 5.60 Å². The number of nitrogens with zero attached hydrogens (tertiary/aromatic N) is 1. The van der Waals surface area contributed by atoms with Crippen molar-refractivity contribution in [2.75, 3.05) is 23.3 Å². The van der Waals surface area contributed by atoms with Gasteiger partial charge in [-0.25, -0.2) is 4.79 Å². The molecule has 4 aromatic carbocycles. The van der Waals surface area contributed by atoms with E-state index in [1.165, 1.54) is 11.1 Å². The van der Waals surface area contributed by atoms with Crippen LogP contribution in [0, 0.1) is 20.8 Å². The van der Waals surface area contributed by atoms with Gasteiger partial charge in [0.05, 0.1) is 5.56 Å². The van der Waals surface area contributed by atoms with Crippen LogP contribution < -0.4 is 15.0 Å². The summed E-state index contributed by atoms with van der Waals surface area (Å²) < 4.78 is 13.0. The highest BCUT2D eigenvalue weighted by Crippen LogP contribution is 2.57. The first kappa shape index (κ1) is 24.1. The van der Waals surface area contributed by atoms with E-state index >= 15 is 0 Å². The predicted octanol–water partition coefficient (Wildman–Crippen LogP) is 7.77. The highest BCUT2D eigenvalue weighted by Gasteiger charge is 2.53. The largest absolute Gasteiger partial charge is 0.456 e. The van der Waals surface area contributed by atoms with Crippen molar-refractivity contribution in [1.29, 1.82) is 0 Å². The summed E-state index contributed by atoms with van der Waals surface area (Å²) in [5.74, 6) is 1.08. The lowest BCUT2D eigenvalue weighted by atomic mass is 9.77. The van der Waals surface area contributed by atoms with E-state index in [4.69, 9.17) is 9.47 Å². The normalized spacial score (nSPS) is 16.8. The third kappa shape index (κ3) is 3.57. The Bertz CT molecular complexity index is 1590. The Morgan fingerprint density at radius 2 is 1.50 bits per heavy atom. The summed E-state index contributed by atoms with van der Waals surface area (Å²) in [6.45, 7) is 12.3. The summed E-state index contributed by atoms with van der Waals surface area (Å²) in [5.41, 5.74) is 8.48. The number of hydrogen-bond acceptors (Lipinski definition) is 5. The molecule has 4 aromatic rings. The lowest BCUT2D eigenvalue weighted by Crippen LogP contribution is -2.33. The number of esters is 1. The molecule has 0 radical (unpaired) electrons. The average Bonchev–Trinajstić information content (AvgIpc) is 3.20. The summed E-state index contributed by atoms with van der Waals surface area (Å²) in [6, 6.07) is 24.4. The second-order valence-electron chi connectivity index (χ2n) is 10.2. The van der Waals surface area contributed by atoms with Crippen LogP contribution in [0.5, 0.6) is 11.5 Å². The molecule has 5 nitrogen and oxygen atoms in total. The Labute approximate surface area is 224 Å². The fourth-order valence-electron chi connectivity index (χ4n) is 5.83. The van der Waals surface area contributed by atoms with Crippen LogP contribution in [0.15, 0.2) is 72.8 Å². The molecule has 0 amide bonds. The van der Waals surface area contributed by atoms with Crippen molar-refractivity contribution in [3.63, 3.8) is 0 Å². The lowest BCUT2D eigenvalue weighted by molar-refractivity contribution is 0.0224. The van der Waals surface area contributed by atoms with Crippen LogP contribution in [-0.4, -0.2) is 19.1 Å². The van der Waals surface area contributed by atoms with Gasteiger partial charge in [0.1, 0.15) is 11.5 Å². The first-order valence-corrected chi connectivity index (χ1v) is 13.2. The molecule has 1 atom stereocenters. The van der Waals surface area contributed by atoms with Crippen LogP contribution in [0.4, 0.5) is 17.1 Å². The van der Waals surface area contributed by atoms with Crippen molar-refractivity contribution in [2.45, 2.75) is 40.2 Å². The number of benzene rings is 4. The first-order valence-electron chi connectivity index (χ1n) is 13.2. The first-order chi connectivity index (χ1) is 18.3. The Hall–Kier alpha value is -4.25. The fourth-order valence-corrected chi connectivity index (χ4v) is 5.83. The van der Waals surface area contributed by atoms with Gasteiger partial charge in [-0.05, 0) is 82.1 Å². The number of fused-ring (bicyclic) bond motifs is 6. The third-order valence-electron chi connectivity index (χ3n) is 7.82. The zero-order valence-corrected chi connectivity index (χ0v) is 22.5. The van der Waals surface area contributed by atoms with Crippen molar-refractivity contribution in [2.24, 2.45) is 0 Å². The highest BCUT2D eigenvalue weighted by atomic mass is 16.6. The fraction of sp³-hybridized carbons (Fsp3) is 0.242. The maximum atomic E-state index is 13.3. The monoisotopic (exact) mass is 504 g/mol. The summed E-state index contributed by atoms with van der Waals surface area (Å²) in [5, 5.41) is 3.62. The van der Waals surface area contributed by atoms with Gasteiger partial charge in [-0.15, -0.1) is 0 Å². The van der Waals surface area contributed by atoms with Gasteiger partial charge >= 0.3 is 5.97 Å². The molecule has 38 heavy (non-hydrogen) atoms. The van der Waals surface area contributed by atoms with Gasteiger partial charge in [-0.1, -0.05) is 35.9 Å². The lowest BCUT2D eigenvalue weighted by Gasteiger charge is -2.37. The molecule has 192 valence electrons. The molecule has 0 aliphatic carbocycles. The molecule has 0 aromatic heterocycles. The van der Waals surface area contributed by atoms with E-state index in [9.17, 15) is 4.79 Å². The molecule has 0 bridgehead atoms. The Morgan fingerprint density at radius 3 is 2.26 bits per heavy atom. The minimum Gasteiger partial charge on any atom is -0.456 e. The average molecular weight is 505 g/mol. The molecule has 5 heteroatoms. The third-order valence-corrected chi connectivity index (χ3v) is 7.82. The molecule has 0 fully saturated rings. The maximum Gasteiger partial charge on any atom is 0.340 e. The van der Waals surface area contributed by atoms with E-state index in [0.29, 0.717) is 17.1 Å². The zero-order valence-electron chi connectivity index (χ0n) is 22.5. The van der Waals surface area contributed by atoms with Gasteiger partial charge in [0.25, 0.3) is 0 Å². The van der Waals surface area contributed by atoms with Crippen LogP contribution in [-0.2, 0) is 10.3 Å². The molecule has 2 aliphatic heterocycles. The molecule has 0 saturated heterocycles. The molecule has 0 saturated carbocycles. The molecule has 0 unspecified atom stereocenters. The van der Waals surface area contributed by atoms with Gasteiger partial charge < -0.3 is 19.7 Å². The second kappa shape index (κ2) is 8.95. The molecular formula is C33H32N2O3. The van der Waals surface area contributed by atoms with Crippen molar-refractivity contribution < 1.29 is 14.3 Å². The number of ether oxygens (including phenoxy) is 2. The van der Waals surface area contributed by atoms with Gasteiger partial charge in [-0.2, -0.15) is 0 Å².